The van der Waals surface area contributed by atoms with E-state index in [1.54, 1.807) is 0 Å². The molecule has 0 aromatic heterocycles. The second kappa shape index (κ2) is 4.07. The van der Waals surface area contributed by atoms with Crippen molar-refractivity contribution in [3.05, 3.63) is 0 Å². The van der Waals surface area contributed by atoms with Crippen LogP contribution in [0.4, 0.5) is 0 Å². The van der Waals surface area contributed by atoms with E-state index in [2.05, 4.69) is 0 Å². The highest BCUT2D eigenvalue weighted by molar-refractivity contribution is 5.85. The maximum absolute atomic E-state index is 10.6. The molecule has 12 heavy (non-hydrogen) atoms. The van der Waals surface area contributed by atoms with Crippen LogP contribution in [0.3, 0.4) is 0 Å². The summed E-state index contributed by atoms with van der Waals surface area (Å²) in [5.41, 5.74) is 4.31. The van der Waals surface area contributed by atoms with Crippen molar-refractivity contribution in [1.29, 1.82) is 0 Å². The third-order valence-electron chi connectivity index (χ3n) is 2.06. The molecular formula is C7H14ClNO3. The fourth-order valence-electron chi connectivity index (χ4n) is 1.19. The summed E-state index contributed by atoms with van der Waals surface area (Å²) in [5, 5.41) is 8.70. The van der Waals surface area contributed by atoms with Gasteiger partial charge in [-0.3, -0.25) is 4.79 Å². The van der Waals surface area contributed by atoms with Gasteiger partial charge in [0.1, 0.15) is 5.54 Å². The lowest BCUT2D eigenvalue weighted by molar-refractivity contribution is -0.147. The van der Waals surface area contributed by atoms with E-state index in [-0.39, 0.29) is 18.5 Å². The van der Waals surface area contributed by atoms with Crippen LogP contribution in [0, 0.1) is 0 Å². The molecule has 0 bridgehead atoms. The van der Waals surface area contributed by atoms with E-state index in [9.17, 15) is 4.79 Å². The van der Waals surface area contributed by atoms with Gasteiger partial charge in [0.25, 0.3) is 0 Å². The Balaban J connectivity index is 0.00000121. The molecule has 1 aliphatic rings. The molecule has 0 aliphatic carbocycles. The van der Waals surface area contributed by atoms with Crippen LogP contribution in [0.15, 0.2) is 0 Å². The zero-order chi connectivity index (χ0) is 8.48. The van der Waals surface area contributed by atoms with Gasteiger partial charge in [-0.05, 0) is 19.8 Å². The molecule has 1 fully saturated rings. The summed E-state index contributed by atoms with van der Waals surface area (Å²) in [4.78, 5) is 10.6. The lowest BCUT2D eigenvalue weighted by Crippen LogP contribution is -2.54. The minimum absolute atomic E-state index is 0. The quantitative estimate of drug-likeness (QED) is 0.669. The summed E-state index contributed by atoms with van der Waals surface area (Å²) >= 11 is 0. The van der Waals surface area contributed by atoms with Gasteiger partial charge < -0.3 is 15.6 Å². The third-order valence-corrected chi connectivity index (χ3v) is 2.06. The predicted molar refractivity (Wildman–Crippen MR) is 46.5 cm³/mol. The molecule has 5 heteroatoms. The van der Waals surface area contributed by atoms with Gasteiger partial charge in [-0.2, -0.15) is 0 Å². The fourth-order valence-corrected chi connectivity index (χ4v) is 1.19. The zero-order valence-electron chi connectivity index (χ0n) is 6.95. The van der Waals surface area contributed by atoms with E-state index in [4.69, 9.17) is 15.6 Å². The molecule has 72 valence electrons. The van der Waals surface area contributed by atoms with Gasteiger partial charge in [-0.1, -0.05) is 0 Å². The molecule has 1 saturated heterocycles. The van der Waals surface area contributed by atoms with Crippen molar-refractivity contribution in [2.24, 2.45) is 5.73 Å². The summed E-state index contributed by atoms with van der Waals surface area (Å²) in [5.74, 6) is -0.996. The summed E-state index contributed by atoms with van der Waals surface area (Å²) in [6.45, 7) is 2.12. The van der Waals surface area contributed by atoms with Crippen LogP contribution < -0.4 is 5.73 Å². The summed E-state index contributed by atoms with van der Waals surface area (Å²) in [6, 6.07) is 0. The molecule has 0 radical (unpaired) electrons. The third kappa shape index (κ3) is 2.09. The number of carboxylic acid groups (broad SMARTS) is 1. The molecule has 3 N–H and O–H groups in total. The molecule has 2 atom stereocenters. The first-order valence-corrected chi connectivity index (χ1v) is 3.69. The molecule has 0 spiro atoms. The highest BCUT2D eigenvalue weighted by atomic mass is 35.5. The Hall–Kier alpha value is -0.320. The van der Waals surface area contributed by atoms with E-state index in [0.29, 0.717) is 6.61 Å². The number of ether oxygens (including phenoxy) is 1. The lowest BCUT2D eigenvalue weighted by Gasteiger charge is -2.25. The van der Waals surface area contributed by atoms with Crippen LogP contribution in [-0.2, 0) is 9.53 Å². The van der Waals surface area contributed by atoms with Crippen LogP contribution in [0.25, 0.3) is 0 Å². The number of carbonyl (C=O) groups is 1. The number of nitrogens with two attached hydrogens (primary N) is 1. The number of aliphatic carboxylic acids is 1. The van der Waals surface area contributed by atoms with Crippen LogP contribution in [0.1, 0.15) is 19.8 Å². The van der Waals surface area contributed by atoms with Gasteiger partial charge in [-0.15, -0.1) is 12.4 Å². The van der Waals surface area contributed by atoms with Crippen molar-refractivity contribution in [2.75, 3.05) is 6.61 Å². The minimum atomic E-state index is -1.23. The molecular weight excluding hydrogens is 182 g/mol. The number of carboxylic acids is 1. The van der Waals surface area contributed by atoms with E-state index in [0.717, 1.165) is 12.8 Å². The van der Waals surface area contributed by atoms with Crippen molar-refractivity contribution in [3.63, 3.8) is 0 Å². The smallest absolute Gasteiger partial charge is 0.326 e. The normalized spacial score (nSPS) is 27.3. The zero-order valence-corrected chi connectivity index (χ0v) is 7.76. The van der Waals surface area contributed by atoms with Crippen LogP contribution in [0.5, 0.6) is 0 Å². The molecule has 0 amide bonds. The number of rotatable bonds is 2. The Kier molecular flexibility index (Phi) is 3.96. The minimum Gasteiger partial charge on any atom is -0.480 e. The first kappa shape index (κ1) is 11.7. The summed E-state index contributed by atoms with van der Waals surface area (Å²) < 4.78 is 5.17. The van der Waals surface area contributed by atoms with E-state index in [1.165, 1.54) is 6.92 Å². The summed E-state index contributed by atoms with van der Waals surface area (Å²) in [6.07, 6.45) is 1.34. The maximum atomic E-state index is 10.6. The maximum Gasteiger partial charge on any atom is 0.326 e. The van der Waals surface area contributed by atoms with Crippen LogP contribution in [0.2, 0.25) is 0 Å². The first-order valence-electron chi connectivity index (χ1n) is 3.69. The van der Waals surface area contributed by atoms with Crippen LogP contribution >= 0.6 is 12.4 Å². The number of hydrogen-bond donors (Lipinski definition) is 2. The largest absolute Gasteiger partial charge is 0.480 e. The van der Waals surface area contributed by atoms with Gasteiger partial charge in [0.15, 0.2) is 0 Å². The average molecular weight is 196 g/mol. The first-order chi connectivity index (χ1) is 5.05. The molecule has 4 nitrogen and oxygen atoms in total. The second-order valence-corrected chi connectivity index (χ2v) is 3.09. The summed E-state index contributed by atoms with van der Waals surface area (Å²) in [7, 11) is 0. The van der Waals surface area contributed by atoms with Crippen molar-refractivity contribution >= 4 is 18.4 Å². The predicted octanol–water partition coefficient (Wildman–Crippen LogP) is 0.389. The van der Waals surface area contributed by atoms with Crippen molar-refractivity contribution < 1.29 is 14.6 Å². The molecule has 0 saturated carbocycles. The molecule has 1 rings (SSSR count). The van der Waals surface area contributed by atoms with Gasteiger partial charge in [0.05, 0.1) is 6.10 Å². The SMILES string of the molecule is CC(N)(C(=O)O)C1CCCO1.Cl. The molecule has 1 heterocycles. The van der Waals surface area contributed by atoms with E-state index >= 15 is 0 Å². The highest BCUT2D eigenvalue weighted by Gasteiger charge is 2.40. The average Bonchev–Trinajstić information content (AvgIpc) is 2.37. The Morgan fingerprint density at radius 1 is 1.75 bits per heavy atom. The standard InChI is InChI=1S/C7H13NO3.ClH/c1-7(8,6(9)10)5-3-2-4-11-5;/h5H,2-4,8H2,1H3,(H,9,10);1H. The van der Waals surface area contributed by atoms with Gasteiger partial charge in [-0.25, -0.2) is 0 Å². The number of hydrogen-bond acceptors (Lipinski definition) is 3. The topological polar surface area (TPSA) is 72.6 Å². The van der Waals surface area contributed by atoms with E-state index < -0.39 is 11.5 Å². The molecule has 1 aliphatic heterocycles. The molecule has 2 unspecified atom stereocenters. The van der Waals surface area contributed by atoms with E-state index in [1.807, 2.05) is 0 Å². The van der Waals surface area contributed by atoms with Crippen molar-refractivity contribution in [1.82, 2.24) is 0 Å². The fraction of sp³-hybridized carbons (Fsp3) is 0.857. The Bertz CT molecular complexity index is 166. The monoisotopic (exact) mass is 195 g/mol. The lowest BCUT2D eigenvalue weighted by atomic mass is 9.94. The van der Waals surface area contributed by atoms with Gasteiger partial charge >= 0.3 is 5.97 Å². The number of halogens is 1. The van der Waals surface area contributed by atoms with Crippen molar-refractivity contribution in [2.45, 2.75) is 31.4 Å². The molecule has 0 aromatic rings. The van der Waals surface area contributed by atoms with Crippen molar-refractivity contribution in [3.8, 4) is 0 Å². The highest BCUT2D eigenvalue weighted by Crippen LogP contribution is 2.21. The van der Waals surface area contributed by atoms with Gasteiger partial charge in [0.2, 0.25) is 0 Å². The molecule has 0 aromatic carbocycles. The Labute approximate surface area is 77.5 Å². The second-order valence-electron chi connectivity index (χ2n) is 3.09. The van der Waals surface area contributed by atoms with Gasteiger partial charge in [0, 0.05) is 6.61 Å². The van der Waals surface area contributed by atoms with Crippen LogP contribution in [-0.4, -0.2) is 29.3 Å². The Morgan fingerprint density at radius 2 is 2.33 bits per heavy atom. The Morgan fingerprint density at radius 3 is 2.67 bits per heavy atom.